The molecule has 0 radical (unpaired) electrons. The van der Waals surface area contributed by atoms with Gasteiger partial charge in [0, 0.05) is 29.9 Å². The van der Waals surface area contributed by atoms with Crippen LogP contribution in [0, 0.1) is 11.3 Å². The van der Waals surface area contributed by atoms with Crippen LogP contribution in [0.4, 0.5) is 5.69 Å². The Kier molecular flexibility index (Phi) is 4.46. The van der Waals surface area contributed by atoms with Crippen LogP contribution in [0.5, 0.6) is 11.5 Å². The van der Waals surface area contributed by atoms with Crippen molar-refractivity contribution in [1.82, 2.24) is 0 Å². The van der Waals surface area contributed by atoms with Gasteiger partial charge < -0.3 is 14.8 Å². The molecule has 20 heavy (non-hydrogen) atoms. The lowest BCUT2D eigenvalue weighted by Gasteiger charge is -2.39. The summed E-state index contributed by atoms with van der Waals surface area (Å²) in [6.07, 6.45) is 3.74. The third-order valence-electron chi connectivity index (χ3n) is 4.11. The van der Waals surface area contributed by atoms with Crippen LogP contribution in [0.3, 0.4) is 0 Å². The lowest BCUT2D eigenvalue weighted by molar-refractivity contribution is 0.178. The molecule has 0 spiro atoms. The first-order valence-electron chi connectivity index (χ1n) is 7.41. The van der Waals surface area contributed by atoms with Gasteiger partial charge in [0.1, 0.15) is 11.5 Å². The smallest absolute Gasteiger partial charge is 0.124 e. The zero-order chi connectivity index (χ0) is 14.8. The number of methoxy groups -OCH3 is 2. The molecule has 1 aromatic rings. The van der Waals surface area contributed by atoms with Gasteiger partial charge in [-0.3, -0.25) is 0 Å². The number of ether oxygens (including phenoxy) is 2. The van der Waals surface area contributed by atoms with Gasteiger partial charge in [-0.15, -0.1) is 0 Å². The summed E-state index contributed by atoms with van der Waals surface area (Å²) in [7, 11) is 3.37. The van der Waals surface area contributed by atoms with E-state index in [4.69, 9.17) is 9.47 Å². The number of hydrogen-bond donors (Lipinski definition) is 1. The van der Waals surface area contributed by atoms with Crippen LogP contribution in [0.1, 0.15) is 40.0 Å². The fraction of sp³-hybridized carbons (Fsp3) is 0.647. The van der Waals surface area contributed by atoms with Gasteiger partial charge in [0.25, 0.3) is 0 Å². The molecule has 3 nitrogen and oxygen atoms in total. The summed E-state index contributed by atoms with van der Waals surface area (Å²) < 4.78 is 10.7. The second-order valence-corrected chi connectivity index (χ2v) is 6.86. The van der Waals surface area contributed by atoms with Crippen molar-refractivity contribution in [2.45, 2.75) is 46.1 Å². The molecule has 1 fully saturated rings. The Hall–Kier alpha value is -1.38. The SMILES string of the molecule is COc1cc(NC2CC(C)CC(C)(C)C2)cc(OC)c1. The second kappa shape index (κ2) is 5.94. The molecule has 0 heterocycles. The summed E-state index contributed by atoms with van der Waals surface area (Å²) in [5.41, 5.74) is 1.49. The zero-order valence-corrected chi connectivity index (χ0v) is 13.3. The Morgan fingerprint density at radius 3 is 2.15 bits per heavy atom. The van der Waals surface area contributed by atoms with Crippen LogP contribution < -0.4 is 14.8 Å². The second-order valence-electron chi connectivity index (χ2n) is 6.86. The molecule has 112 valence electrons. The number of anilines is 1. The minimum Gasteiger partial charge on any atom is -0.497 e. The highest BCUT2D eigenvalue weighted by molar-refractivity contribution is 5.54. The Bertz CT molecular complexity index is 434. The van der Waals surface area contributed by atoms with Crippen LogP contribution in [-0.4, -0.2) is 20.3 Å². The highest BCUT2D eigenvalue weighted by atomic mass is 16.5. The lowest BCUT2D eigenvalue weighted by atomic mass is 9.70. The molecule has 2 unspecified atom stereocenters. The van der Waals surface area contributed by atoms with E-state index in [9.17, 15) is 0 Å². The molecular formula is C17H27NO2. The minimum absolute atomic E-state index is 0.415. The van der Waals surface area contributed by atoms with Gasteiger partial charge in [-0.1, -0.05) is 20.8 Å². The van der Waals surface area contributed by atoms with Crippen LogP contribution in [0.25, 0.3) is 0 Å². The highest BCUT2D eigenvalue weighted by Gasteiger charge is 2.31. The molecule has 2 rings (SSSR count). The summed E-state index contributed by atoms with van der Waals surface area (Å²) >= 11 is 0. The Morgan fingerprint density at radius 1 is 1.05 bits per heavy atom. The van der Waals surface area contributed by atoms with Gasteiger partial charge in [0.15, 0.2) is 0 Å². The van der Waals surface area contributed by atoms with E-state index in [1.807, 2.05) is 18.2 Å². The maximum Gasteiger partial charge on any atom is 0.124 e. The number of hydrogen-bond acceptors (Lipinski definition) is 3. The van der Waals surface area contributed by atoms with Crippen molar-refractivity contribution in [1.29, 1.82) is 0 Å². The van der Waals surface area contributed by atoms with Crippen molar-refractivity contribution in [2.75, 3.05) is 19.5 Å². The topological polar surface area (TPSA) is 30.5 Å². The van der Waals surface area contributed by atoms with Crippen LogP contribution >= 0.6 is 0 Å². The first-order chi connectivity index (χ1) is 9.41. The predicted molar refractivity (Wildman–Crippen MR) is 83.8 cm³/mol. The molecule has 1 aromatic carbocycles. The molecule has 0 aliphatic heterocycles. The molecule has 1 N–H and O–H groups in total. The largest absolute Gasteiger partial charge is 0.497 e. The number of benzene rings is 1. The predicted octanol–water partition coefficient (Wildman–Crippen LogP) is 4.33. The fourth-order valence-electron chi connectivity index (χ4n) is 3.58. The molecule has 1 aliphatic rings. The molecule has 0 aromatic heterocycles. The molecule has 1 aliphatic carbocycles. The Labute approximate surface area is 122 Å². The summed E-state index contributed by atoms with van der Waals surface area (Å²) in [5, 5.41) is 3.66. The van der Waals surface area contributed by atoms with Crippen molar-refractivity contribution in [3.63, 3.8) is 0 Å². The number of nitrogens with one attached hydrogen (secondary N) is 1. The molecular weight excluding hydrogens is 250 g/mol. The van der Waals surface area contributed by atoms with E-state index in [1.165, 1.54) is 19.3 Å². The molecule has 1 saturated carbocycles. The van der Waals surface area contributed by atoms with Gasteiger partial charge in [-0.05, 0) is 30.6 Å². The average Bonchev–Trinajstić information content (AvgIpc) is 2.35. The van der Waals surface area contributed by atoms with Crippen molar-refractivity contribution < 1.29 is 9.47 Å². The van der Waals surface area contributed by atoms with Crippen molar-refractivity contribution in [2.24, 2.45) is 11.3 Å². The number of rotatable bonds is 4. The van der Waals surface area contributed by atoms with E-state index in [-0.39, 0.29) is 0 Å². The van der Waals surface area contributed by atoms with Gasteiger partial charge in [-0.2, -0.15) is 0 Å². The molecule has 3 heteroatoms. The normalized spacial score (nSPS) is 25.1. The van der Waals surface area contributed by atoms with E-state index in [0.29, 0.717) is 11.5 Å². The van der Waals surface area contributed by atoms with Gasteiger partial charge in [0.2, 0.25) is 0 Å². The van der Waals surface area contributed by atoms with Crippen LogP contribution in [0.2, 0.25) is 0 Å². The maximum absolute atomic E-state index is 5.33. The molecule has 2 atom stereocenters. The van der Waals surface area contributed by atoms with E-state index in [1.54, 1.807) is 14.2 Å². The molecule has 0 amide bonds. The minimum atomic E-state index is 0.415. The van der Waals surface area contributed by atoms with E-state index >= 15 is 0 Å². The van der Waals surface area contributed by atoms with Gasteiger partial charge >= 0.3 is 0 Å². The van der Waals surface area contributed by atoms with Crippen molar-refractivity contribution >= 4 is 5.69 Å². The maximum atomic E-state index is 5.33. The lowest BCUT2D eigenvalue weighted by Crippen LogP contribution is -2.35. The molecule has 0 saturated heterocycles. The monoisotopic (exact) mass is 277 g/mol. The zero-order valence-electron chi connectivity index (χ0n) is 13.3. The van der Waals surface area contributed by atoms with Crippen LogP contribution in [-0.2, 0) is 0 Å². The first kappa shape index (κ1) is 15.0. The molecule has 0 bridgehead atoms. The highest BCUT2D eigenvalue weighted by Crippen LogP contribution is 2.40. The summed E-state index contributed by atoms with van der Waals surface area (Å²) in [6.45, 7) is 7.08. The van der Waals surface area contributed by atoms with Gasteiger partial charge in [-0.25, -0.2) is 0 Å². The third-order valence-corrected chi connectivity index (χ3v) is 4.11. The van der Waals surface area contributed by atoms with Gasteiger partial charge in [0.05, 0.1) is 14.2 Å². The fourth-order valence-corrected chi connectivity index (χ4v) is 3.58. The third kappa shape index (κ3) is 3.81. The Morgan fingerprint density at radius 2 is 1.65 bits per heavy atom. The summed E-state index contributed by atoms with van der Waals surface area (Å²) in [4.78, 5) is 0. The average molecular weight is 277 g/mol. The first-order valence-corrected chi connectivity index (χ1v) is 7.41. The standard InChI is InChI=1S/C17H27NO2/c1-12-6-14(11-17(2,3)10-12)18-13-7-15(19-4)9-16(8-13)20-5/h7-9,12,14,18H,6,10-11H2,1-5H3. The van der Waals surface area contributed by atoms with E-state index in [2.05, 4.69) is 26.1 Å². The Balaban J connectivity index is 2.12. The van der Waals surface area contributed by atoms with E-state index < -0.39 is 0 Å². The summed E-state index contributed by atoms with van der Waals surface area (Å²) in [6, 6.07) is 6.49. The van der Waals surface area contributed by atoms with Crippen molar-refractivity contribution in [3.05, 3.63) is 18.2 Å². The van der Waals surface area contributed by atoms with E-state index in [0.717, 1.165) is 23.1 Å². The van der Waals surface area contributed by atoms with Crippen molar-refractivity contribution in [3.8, 4) is 11.5 Å². The quantitative estimate of drug-likeness (QED) is 0.888. The summed E-state index contributed by atoms with van der Waals surface area (Å²) in [5.74, 6) is 2.42. The van der Waals surface area contributed by atoms with Crippen LogP contribution in [0.15, 0.2) is 18.2 Å².